The van der Waals surface area contributed by atoms with Gasteiger partial charge >= 0.3 is 12.0 Å². The molecule has 0 heterocycles. The molecule has 2 N–H and O–H groups in total. The van der Waals surface area contributed by atoms with Gasteiger partial charge in [0.15, 0.2) is 0 Å². The van der Waals surface area contributed by atoms with E-state index in [0.717, 1.165) is 17.7 Å². The van der Waals surface area contributed by atoms with Crippen molar-refractivity contribution < 1.29 is 23.5 Å². The van der Waals surface area contributed by atoms with Crippen LogP contribution in [-0.4, -0.2) is 48.1 Å². The van der Waals surface area contributed by atoms with Gasteiger partial charge in [-0.25, -0.2) is 18.4 Å². The number of carboxylic acids is 1. The van der Waals surface area contributed by atoms with Crippen molar-refractivity contribution in [2.45, 2.75) is 25.3 Å². The largest absolute Gasteiger partial charge is 0.480 e. The predicted octanol–water partition coefficient (Wildman–Crippen LogP) is 0.756. The zero-order valence-corrected chi connectivity index (χ0v) is 8.82. The summed E-state index contributed by atoms with van der Waals surface area (Å²) in [5, 5.41) is 11.1. The number of hydrogen-bond donors (Lipinski definition) is 2. The summed E-state index contributed by atoms with van der Waals surface area (Å²) < 4.78 is 23.9. The summed E-state index contributed by atoms with van der Waals surface area (Å²) in [5.41, 5.74) is 0. The van der Waals surface area contributed by atoms with Crippen molar-refractivity contribution >= 4 is 12.0 Å². The minimum absolute atomic E-state index is 0.0681. The van der Waals surface area contributed by atoms with E-state index in [0.29, 0.717) is 0 Å². The van der Waals surface area contributed by atoms with Crippen molar-refractivity contribution in [2.24, 2.45) is 5.92 Å². The average molecular weight is 236 g/mol. The molecule has 92 valence electrons. The molecular formula is C9H14F2N2O3. The zero-order valence-electron chi connectivity index (χ0n) is 8.82. The first-order valence-electron chi connectivity index (χ1n) is 4.94. The van der Waals surface area contributed by atoms with Crippen molar-refractivity contribution in [3.05, 3.63) is 0 Å². The van der Waals surface area contributed by atoms with Crippen LogP contribution in [0.4, 0.5) is 13.6 Å². The van der Waals surface area contributed by atoms with Crippen LogP contribution in [0.5, 0.6) is 0 Å². The predicted molar refractivity (Wildman–Crippen MR) is 51.3 cm³/mol. The molecule has 0 aromatic rings. The summed E-state index contributed by atoms with van der Waals surface area (Å²) in [4.78, 5) is 22.9. The second-order valence-corrected chi connectivity index (χ2v) is 3.87. The van der Waals surface area contributed by atoms with Gasteiger partial charge in [-0.2, -0.15) is 0 Å². The fourth-order valence-electron chi connectivity index (χ4n) is 1.34. The number of urea groups is 1. The normalized spacial score (nSPS) is 17.0. The fourth-order valence-corrected chi connectivity index (χ4v) is 1.34. The molecule has 1 aliphatic carbocycles. The highest BCUT2D eigenvalue weighted by atomic mass is 19.3. The molecule has 7 heteroatoms. The van der Waals surface area contributed by atoms with Crippen LogP contribution in [-0.2, 0) is 4.79 Å². The SMILES string of the molecule is CN(CC(F)F)C(=O)NC(C(=O)O)C1CC1. The van der Waals surface area contributed by atoms with Crippen molar-refractivity contribution in [3.8, 4) is 0 Å². The van der Waals surface area contributed by atoms with E-state index >= 15 is 0 Å². The molecule has 2 amide bonds. The molecule has 1 fully saturated rings. The molecule has 1 unspecified atom stereocenters. The lowest BCUT2D eigenvalue weighted by Gasteiger charge is -2.20. The Kier molecular flexibility index (Phi) is 4.03. The lowest BCUT2D eigenvalue weighted by Crippen LogP contribution is -2.48. The van der Waals surface area contributed by atoms with E-state index in [1.165, 1.54) is 7.05 Å². The number of alkyl halides is 2. The number of carbonyl (C=O) groups is 2. The number of aliphatic carboxylic acids is 1. The second-order valence-electron chi connectivity index (χ2n) is 3.87. The van der Waals surface area contributed by atoms with E-state index in [2.05, 4.69) is 5.32 Å². The van der Waals surface area contributed by atoms with E-state index in [4.69, 9.17) is 5.11 Å². The minimum atomic E-state index is -2.63. The van der Waals surface area contributed by atoms with Gasteiger partial charge in [0, 0.05) is 7.05 Å². The number of carbonyl (C=O) groups excluding carboxylic acids is 1. The lowest BCUT2D eigenvalue weighted by atomic mass is 10.2. The van der Waals surface area contributed by atoms with Crippen molar-refractivity contribution in [1.82, 2.24) is 10.2 Å². The summed E-state index contributed by atoms with van der Waals surface area (Å²) in [6.07, 6.45) is -1.13. The van der Waals surface area contributed by atoms with E-state index in [1.807, 2.05) is 0 Å². The number of rotatable bonds is 5. The third-order valence-electron chi connectivity index (χ3n) is 2.40. The molecule has 0 aliphatic heterocycles. The number of halogens is 2. The monoisotopic (exact) mass is 236 g/mol. The molecule has 0 spiro atoms. The highest BCUT2D eigenvalue weighted by Crippen LogP contribution is 2.32. The molecule has 0 aromatic carbocycles. The van der Waals surface area contributed by atoms with E-state index in [1.54, 1.807) is 0 Å². The van der Waals surface area contributed by atoms with Crippen molar-refractivity contribution in [1.29, 1.82) is 0 Å². The van der Waals surface area contributed by atoms with Gasteiger partial charge in [0.2, 0.25) is 0 Å². The fraction of sp³-hybridized carbons (Fsp3) is 0.778. The maximum Gasteiger partial charge on any atom is 0.326 e. The lowest BCUT2D eigenvalue weighted by molar-refractivity contribution is -0.139. The first-order valence-corrected chi connectivity index (χ1v) is 4.94. The average Bonchev–Trinajstić information content (AvgIpc) is 2.95. The Labute approximate surface area is 91.4 Å². The van der Waals surface area contributed by atoms with Gasteiger partial charge in [-0.1, -0.05) is 0 Å². The number of nitrogens with zero attached hydrogens (tertiary/aromatic N) is 1. The Bertz CT molecular complexity index is 282. The summed E-state index contributed by atoms with van der Waals surface area (Å²) in [6, 6.07) is -1.74. The molecular weight excluding hydrogens is 222 g/mol. The third kappa shape index (κ3) is 3.63. The van der Waals surface area contributed by atoms with Crippen molar-refractivity contribution in [3.63, 3.8) is 0 Å². The Morgan fingerprint density at radius 3 is 2.44 bits per heavy atom. The summed E-state index contributed by atoms with van der Waals surface area (Å²) in [6.45, 7) is -0.706. The van der Waals surface area contributed by atoms with Gasteiger partial charge in [0.25, 0.3) is 6.43 Å². The molecule has 0 bridgehead atoms. The molecule has 0 aromatic heterocycles. The Morgan fingerprint density at radius 1 is 1.50 bits per heavy atom. The first kappa shape index (κ1) is 12.7. The van der Waals surface area contributed by atoms with E-state index < -0.39 is 31.0 Å². The number of carboxylic acid groups (broad SMARTS) is 1. The molecule has 5 nitrogen and oxygen atoms in total. The topological polar surface area (TPSA) is 69.6 Å². The summed E-state index contributed by atoms with van der Waals surface area (Å²) in [5.74, 6) is -1.19. The summed E-state index contributed by atoms with van der Waals surface area (Å²) in [7, 11) is 1.20. The highest BCUT2D eigenvalue weighted by Gasteiger charge is 2.37. The Balaban J connectivity index is 2.44. The molecule has 16 heavy (non-hydrogen) atoms. The van der Waals surface area contributed by atoms with Gasteiger partial charge in [0.1, 0.15) is 6.04 Å². The smallest absolute Gasteiger partial charge is 0.326 e. The van der Waals surface area contributed by atoms with Crippen LogP contribution in [0.2, 0.25) is 0 Å². The van der Waals surface area contributed by atoms with Crippen LogP contribution < -0.4 is 5.32 Å². The van der Waals surface area contributed by atoms with Crippen LogP contribution in [0.3, 0.4) is 0 Å². The molecule has 0 saturated heterocycles. The number of hydrogen-bond acceptors (Lipinski definition) is 2. The maximum absolute atomic E-state index is 12.0. The van der Waals surface area contributed by atoms with Crippen LogP contribution in [0.1, 0.15) is 12.8 Å². The maximum atomic E-state index is 12.0. The van der Waals surface area contributed by atoms with Crippen LogP contribution in [0.25, 0.3) is 0 Å². The van der Waals surface area contributed by atoms with Gasteiger partial charge in [-0.05, 0) is 18.8 Å². The second kappa shape index (κ2) is 5.09. The molecule has 0 radical (unpaired) electrons. The third-order valence-corrected chi connectivity index (χ3v) is 2.40. The van der Waals surface area contributed by atoms with E-state index in [9.17, 15) is 18.4 Å². The van der Waals surface area contributed by atoms with Gasteiger partial charge in [-0.15, -0.1) is 0 Å². The molecule has 1 atom stereocenters. The summed E-state index contributed by atoms with van der Waals surface area (Å²) >= 11 is 0. The molecule has 1 aliphatic rings. The molecule has 1 saturated carbocycles. The first-order chi connectivity index (χ1) is 7.41. The standard InChI is InChI=1S/C9H14F2N2O3/c1-13(4-6(10)11)9(16)12-7(8(14)15)5-2-3-5/h5-7H,2-4H2,1H3,(H,12,16)(H,14,15). The van der Waals surface area contributed by atoms with Crippen LogP contribution >= 0.6 is 0 Å². The van der Waals surface area contributed by atoms with Crippen molar-refractivity contribution in [2.75, 3.05) is 13.6 Å². The number of nitrogens with one attached hydrogen (secondary N) is 1. The Morgan fingerprint density at radius 2 is 2.06 bits per heavy atom. The quantitative estimate of drug-likeness (QED) is 0.740. The van der Waals surface area contributed by atoms with E-state index in [-0.39, 0.29) is 5.92 Å². The number of amides is 2. The minimum Gasteiger partial charge on any atom is -0.480 e. The highest BCUT2D eigenvalue weighted by molar-refractivity contribution is 5.83. The van der Waals surface area contributed by atoms with Gasteiger partial charge < -0.3 is 15.3 Å². The molecule has 1 rings (SSSR count). The Hall–Kier alpha value is -1.40. The van der Waals surface area contributed by atoms with Gasteiger partial charge in [0.05, 0.1) is 6.54 Å². The van der Waals surface area contributed by atoms with Crippen LogP contribution in [0, 0.1) is 5.92 Å². The van der Waals surface area contributed by atoms with Crippen LogP contribution in [0.15, 0.2) is 0 Å². The van der Waals surface area contributed by atoms with Gasteiger partial charge in [-0.3, -0.25) is 0 Å². The zero-order chi connectivity index (χ0) is 12.3.